The summed E-state index contributed by atoms with van der Waals surface area (Å²) in [6.45, 7) is 0.517. The van der Waals surface area contributed by atoms with Crippen molar-refractivity contribution in [1.82, 2.24) is 25.2 Å². The van der Waals surface area contributed by atoms with Crippen LogP contribution < -0.4 is 5.32 Å². The van der Waals surface area contributed by atoms with E-state index in [0.717, 1.165) is 0 Å². The number of hydrogen-bond donors (Lipinski definition) is 1. The number of aromatic nitrogens is 3. The number of thiophene rings is 1. The molecule has 1 N–H and O–H groups in total. The van der Waals surface area contributed by atoms with Gasteiger partial charge in [-0.3, -0.25) is 9.48 Å². The number of benzene rings is 1. The quantitative estimate of drug-likeness (QED) is 0.778. The summed E-state index contributed by atoms with van der Waals surface area (Å²) in [5.74, 6) is -0.204. The highest BCUT2D eigenvalue weighted by Gasteiger charge is 2.20. The Morgan fingerprint density at radius 3 is 2.87 bits per heavy atom. The second-order valence-corrected chi connectivity index (χ2v) is 6.57. The van der Waals surface area contributed by atoms with Crippen molar-refractivity contribution in [2.45, 2.75) is 6.04 Å². The van der Waals surface area contributed by atoms with Crippen LogP contribution in [-0.2, 0) is 7.05 Å². The highest BCUT2D eigenvalue weighted by Crippen LogP contribution is 2.31. The number of carbonyl (C=O) groups is 1. The van der Waals surface area contributed by atoms with E-state index >= 15 is 0 Å². The average Bonchev–Trinajstić information content (AvgIpc) is 3.14. The van der Waals surface area contributed by atoms with Gasteiger partial charge in [-0.1, -0.05) is 23.4 Å². The molecule has 120 valence electrons. The van der Waals surface area contributed by atoms with Gasteiger partial charge in [0, 0.05) is 18.3 Å². The zero-order chi connectivity index (χ0) is 16.4. The monoisotopic (exact) mass is 329 g/mol. The molecule has 2 heterocycles. The third-order valence-corrected chi connectivity index (χ3v) is 4.77. The van der Waals surface area contributed by atoms with E-state index in [0.29, 0.717) is 12.2 Å². The number of aryl methyl sites for hydroxylation is 1. The van der Waals surface area contributed by atoms with Gasteiger partial charge in [0.2, 0.25) is 0 Å². The zero-order valence-electron chi connectivity index (χ0n) is 13.4. The highest BCUT2D eigenvalue weighted by atomic mass is 32.1. The summed E-state index contributed by atoms with van der Waals surface area (Å²) in [7, 11) is 5.78. The first kappa shape index (κ1) is 15.6. The van der Waals surface area contributed by atoms with Crippen molar-refractivity contribution in [3.63, 3.8) is 0 Å². The summed E-state index contributed by atoms with van der Waals surface area (Å²) in [6, 6.07) is 8.44. The van der Waals surface area contributed by atoms with Gasteiger partial charge in [0.05, 0.1) is 12.2 Å². The fourth-order valence-electron chi connectivity index (χ4n) is 2.56. The maximum Gasteiger partial charge on any atom is 0.273 e. The molecule has 1 atom stereocenters. The minimum atomic E-state index is -0.204. The zero-order valence-corrected chi connectivity index (χ0v) is 14.2. The fourth-order valence-corrected chi connectivity index (χ4v) is 3.57. The summed E-state index contributed by atoms with van der Waals surface area (Å²) in [5.41, 5.74) is 1.57. The molecule has 0 aliphatic heterocycles. The number of rotatable bonds is 5. The van der Waals surface area contributed by atoms with E-state index < -0.39 is 0 Å². The summed E-state index contributed by atoms with van der Waals surface area (Å²) < 4.78 is 2.78. The SMILES string of the molecule is CN(C)[C@H](CNC(=O)c1cn(C)nn1)c1csc2ccccc12. The number of nitrogens with one attached hydrogen (secondary N) is 1. The molecule has 0 aliphatic carbocycles. The summed E-state index contributed by atoms with van der Waals surface area (Å²) in [4.78, 5) is 14.3. The molecule has 3 aromatic rings. The van der Waals surface area contributed by atoms with Crippen LogP contribution in [0.25, 0.3) is 10.1 Å². The molecule has 0 radical (unpaired) electrons. The average molecular weight is 329 g/mol. The Kier molecular flexibility index (Phi) is 4.40. The van der Waals surface area contributed by atoms with Crippen LogP contribution in [0.5, 0.6) is 0 Å². The third kappa shape index (κ3) is 3.25. The van der Waals surface area contributed by atoms with Crippen molar-refractivity contribution in [2.24, 2.45) is 7.05 Å². The van der Waals surface area contributed by atoms with E-state index in [1.807, 2.05) is 26.2 Å². The fraction of sp³-hybridized carbons (Fsp3) is 0.312. The normalized spacial score (nSPS) is 12.7. The molecule has 0 aliphatic rings. The van der Waals surface area contributed by atoms with Crippen LogP contribution in [0.1, 0.15) is 22.1 Å². The number of amides is 1. The molecule has 1 amide bonds. The first-order valence-electron chi connectivity index (χ1n) is 7.33. The van der Waals surface area contributed by atoms with Crippen LogP contribution in [-0.4, -0.2) is 46.4 Å². The van der Waals surface area contributed by atoms with Gasteiger partial charge in [-0.05, 0) is 36.5 Å². The molecule has 2 aromatic heterocycles. The Hall–Kier alpha value is -2.25. The topological polar surface area (TPSA) is 63.1 Å². The van der Waals surface area contributed by atoms with Crippen LogP contribution in [0.3, 0.4) is 0 Å². The molecule has 7 heteroatoms. The van der Waals surface area contributed by atoms with E-state index in [9.17, 15) is 4.79 Å². The van der Waals surface area contributed by atoms with Gasteiger partial charge in [-0.2, -0.15) is 0 Å². The van der Waals surface area contributed by atoms with E-state index in [1.165, 1.54) is 20.3 Å². The number of likely N-dealkylation sites (N-methyl/N-ethyl adjacent to an activating group) is 1. The maximum absolute atomic E-state index is 12.2. The van der Waals surface area contributed by atoms with Gasteiger partial charge in [-0.15, -0.1) is 16.4 Å². The van der Waals surface area contributed by atoms with Crippen molar-refractivity contribution >= 4 is 27.3 Å². The molecule has 0 saturated carbocycles. The number of hydrogen-bond acceptors (Lipinski definition) is 5. The molecular formula is C16H19N5OS. The second kappa shape index (κ2) is 6.47. The first-order valence-corrected chi connectivity index (χ1v) is 8.21. The van der Waals surface area contributed by atoms with Crippen LogP contribution in [0, 0.1) is 0 Å². The molecule has 0 fully saturated rings. The van der Waals surface area contributed by atoms with Gasteiger partial charge in [0.25, 0.3) is 5.91 Å². The maximum atomic E-state index is 12.2. The second-order valence-electron chi connectivity index (χ2n) is 5.65. The summed E-state index contributed by atoms with van der Waals surface area (Å²) in [6.07, 6.45) is 1.61. The van der Waals surface area contributed by atoms with Crippen molar-refractivity contribution < 1.29 is 4.79 Å². The smallest absolute Gasteiger partial charge is 0.273 e. The predicted octanol–water partition coefficient (Wildman–Crippen LogP) is 2.06. The van der Waals surface area contributed by atoms with E-state index in [2.05, 4.69) is 38.0 Å². The van der Waals surface area contributed by atoms with Crippen LogP contribution in [0.15, 0.2) is 35.8 Å². The number of nitrogens with zero attached hydrogens (tertiary/aromatic N) is 4. The summed E-state index contributed by atoms with van der Waals surface area (Å²) >= 11 is 1.73. The molecule has 0 spiro atoms. The van der Waals surface area contributed by atoms with Crippen molar-refractivity contribution in [3.05, 3.63) is 47.1 Å². The Balaban J connectivity index is 1.78. The largest absolute Gasteiger partial charge is 0.349 e. The van der Waals surface area contributed by atoms with Gasteiger partial charge < -0.3 is 10.2 Å². The molecule has 23 heavy (non-hydrogen) atoms. The third-order valence-electron chi connectivity index (χ3n) is 3.78. The molecule has 1 aromatic carbocycles. The Morgan fingerprint density at radius 1 is 1.39 bits per heavy atom. The van der Waals surface area contributed by atoms with Gasteiger partial charge >= 0.3 is 0 Å². The molecule has 3 rings (SSSR count). The predicted molar refractivity (Wildman–Crippen MR) is 91.6 cm³/mol. The number of fused-ring (bicyclic) bond motifs is 1. The number of carbonyl (C=O) groups excluding carboxylic acids is 1. The first-order chi connectivity index (χ1) is 11.1. The lowest BCUT2D eigenvalue weighted by Crippen LogP contribution is -2.34. The van der Waals surface area contributed by atoms with Gasteiger partial charge in [-0.25, -0.2) is 0 Å². The summed E-state index contributed by atoms with van der Waals surface area (Å²) in [5, 5.41) is 14.0. The minimum absolute atomic E-state index is 0.103. The van der Waals surface area contributed by atoms with E-state index in [-0.39, 0.29) is 11.9 Å². The minimum Gasteiger partial charge on any atom is -0.349 e. The van der Waals surface area contributed by atoms with Crippen LogP contribution >= 0.6 is 11.3 Å². The standard InChI is InChI=1S/C16H19N5OS/c1-20(2)14(8-17-16(22)13-9-21(3)19-18-13)12-10-23-15-7-5-4-6-11(12)15/h4-7,9-10,14H,8H2,1-3H3,(H,17,22)/t14-/m1/s1. The molecule has 0 bridgehead atoms. The Bertz CT molecular complexity index is 823. The van der Waals surface area contributed by atoms with E-state index in [4.69, 9.17) is 0 Å². The molecular weight excluding hydrogens is 310 g/mol. The highest BCUT2D eigenvalue weighted by molar-refractivity contribution is 7.17. The lowest BCUT2D eigenvalue weighted by Gasteiger charge is -2.24. The molecule has 0 saturated heterocycles. The molecule has 0 unspecified atom stereocenters. The lowest BCUT2D eigenvalue weighted by molar-refractivity contribution is 0.0937. The Labute approximate surface area is 138 Å². The van der Waals surface area contributed by atoms with Crippen LogP contribution in [0.2, 0.25) is 0 Å². The van der Waals surface area contributed by atoms with Crippen LogP contribution in [0.4, 0.5) is 0 Å². The van der Waals surface area contributed by atoms with Gasteiger partial charge in [0.1, 0.15) is 0 Å². The van der Waals surface area contributed by atoms with E-state index in [1.54, 1.807) is 24.6 Å². The Morgan fingerprint density at radius 2 is 2.17 bits per heavy atom. The van der Waals surface area contributed by atoms with Gasteiger partial charge in [0.15, 0.2) is 5.69 Å². The molecule has 6 nitrogen and oxygen atoms in total. The lowest BCUT2D eigenvalue weighted by atomic mass is 10.0. The van der Waals surface area contributed by atoms with Crippen molar-refractivity contribution in [2.75, 3.05) is 20.6 Å². The van der Waals surface area contributed by atoms with Crippen molar-refractivity contribution in [1.29, 1.82) is 0 Å². The van der Waals surface area contributed by atoms with Crippen molar-refractivity contribution in [3.8, 4) is 0 Å².